The molecule has 1 atom stereocenters. The number of amides is 1. The molecule has 7 heteroatoms. The van der Waals surface area contributed by atoms with Crippen molar-refractivity contribution in [2.24, 2.45) is 0 Å². The van der Waals surface area contributed by atoms with E-state index < -0.39 is 17.7 Å². The molecule has 184 valence electrons. The van der Waals surface area contributed by atoms with Crippen molar-refractivity contribution < 1.29 is 28.9 Å². The van der Waals surface area contributed by atoms with Gasteiger partial charge in [-0.3, -0.25) is 9.59 Å². The van der Waals surface area contributed by atoms with Gasteiger partial charge >= 0.3 is 0 Å². The molecule has 36 heavy (non-hydrogen) atoms. The third-order valence-electron chi connectivity index (χ3n) is 6.52. The van der Waals surface area contributed by atoms with Crippen molar-refractivity contribution in [3.05, 3.63) is 94.6 Å². The zero-order valence-electron chi connectivity index (χ0n) is 20.2. The Balaban J connectivity index is 1.59. The summed E-state index contributed by atoms with van der Waals surface area (Å²) in [6.45, 7) is 3.20. The third kappa shape index (κ3) is 4.28. The SMILES string of the molecule is CCOc1ccc(C2/C(=C(/O)c3ccc4c(c3)CCO4)C(=O)C(=O)N2Cc2ccc(OC)cc2)cc1. The van der Waals surface area contributed by atoms with Gasteiger partial charge < -0.3 is 24.2 Å². The second-order valence-electron chi connectivity index (χ2n) is 8.70. The number of fused-ring (bicyclic) bond motifs is 1. The number of hydrogen-bond donors (Lipinski definition) is 1. The average Bonchev–Trinajstić information content (AvgIpc) is 3.47. The van der Waals surface area contributed by atoms with Gasteiger partial charge in [0.1, 0.15) is 23.0 Å². The molecule has 0 aromatic heterocycles. The van der Waals surface area contributed by atoms with Crippen LogP contribution in [0.2, 0.25) is 0 Å². The number of likely N-dealkylation sites (tertiary alicyclic amines) is 1. The van der Waals surface area contributed by atoms with Crippen molar-refractivity contribution in [3.63, 3.8) is 0 Å². The van der Waals surface area contributed by atoms with Crippen LogP contribution in [0.3, 0.4) is 0 Å². The molecule has 5 rings (SSSR count). The second-order valence-corrected chi connectivity index (χ2v) is 8.70. The van der Waals surface area contributed by atoms with E-state index in [1.165, 1.54) is 4.90 Å². The summed E-state index contributed by atoms with van der Waals surface area (Å²) < 4.78 is 16.4. The predicted octanol–water partition coefficient (Wildman–Crippen LogP) is 4.65. The van der Waals surface area contributed by atoms with E-state index in [4.69, 9.17) is 14.2 Å². The number of ketones is 1. The van der Waals surface area contributed by atoms with Gasteiger partial charge in [-0.1, -0.05) is 24.3 Å². The highest BCUT2D eigenvalue weighted by molar-refractivity contribution is 6.46. The van der Waals surface area contributed by atoms with Crippen LogP contribution in [-0.4, -0.2) is 42.0 Å². The Morgan fingerprint density at radius 2 is 1.75 bits per heavy atom. The van der Waals surface area contributed by atoms with Gasteiger partial charge in [0.2, 0.25) is 0 Å². The van der Waals surface area contributed by atoms with E-state index in [1.807, 2.05) is 49.4 Å². The van der Waals surface area contributed by atoms with Crippen LogP contribution in [0.25, 0.3) is 5.76 Å². The van der Waals surface area contributed by atoms with Crippen molar-refractivity contribution in [1.82, 2.24) is 4.90 Å². The molecule has 0 bridgehead atoms. The van der Waals surface area contributed by atoms with Crippen LogP contribution < -0.4 is 14.2 Å². The number of aliphatic hydroxyl groups excluding tert-OH is 1. The van der Waals surface area contributed by atoms with Crippen LogP contribution in [0.5, 0.6) is 17.2 Å². The first-order chi connectivity index (χ1) is 17.5. The Kier molecular flexibility index (Phi) is 6.38. The summed E-state index contributed by atoms with van der Waals surface area (Å²) in [7, 11) is 1.59. The van der Waals surface area contributed by atoms with E-state index in [2.05, 4.69) is 0 Å². The normalized spacial score (nSPS) is 18.2. The fourth-order valence-electron chi connectivity index (χ4n) is 4.72. The van der Waals surface area contributed by atoms with Gasteiger partial charge in [-0.05, 0) is 66.1 Å². The van der Waals surface area contributed by atoms with Gasteiger partial charge in [0.25, 0.3) is 11.7 Å². The average molecular weight is 486 g/mol. The van der Waals surface area contributed by atoms with Crippen LogP contribution in [0.4, 0.5) is 0 Å². The van der Waals surface area contributed by atoms with Gasteiger partial charge in [0, 0.05) is 18.5 Å². The van der Waals surface area contributed by atoms with Gasteiger partial charge in [0.15, 0.2) is 0 Å². The number of carbonyl (C=O) groups is 2. The number of hydrogen-bond acceptors (Lipinski definition) is 6. The number of benzene rings is 3. The van der Waals surface area contributed by atoms with Crippen LogP contribution in [0.1, 0.15) is 35.2 Å². The van der Waals surface area contributed by atoms with Gasteiger partial charge in [0.05, 0.1) is 31.9 Å². The lowest BCUT2D eigenvalue weighted by Gasteiger charge is -2.25. The maximum Gasteiger partial charge on any atom is 0.295 e. The fraction of sp³-hybridized carbons (Fsp3) is 0.241. The Morgan fingerprint density at radius 3 is 2.44 bits per heavy atom. The maximum atomic E-state index is 13.3. The van der Waals surface area contributed by atoms with E-state index in [9.17, 15) is 14.7 Å². The minimum atomic E-state index is -0.757. The van der Waals surface area contributed by atoms with E-state index in [1.54, 1.807) is 31.4 Å². The topological polar surface area (TPSA) is 85.3 Å². The van der Waals surface area contributed by atoms with Gasteiger partial charge in [-0.2, -0.15) is 0 Å². The number of ether oxygens (including phenoxy) is 3. The minimum Gasteiger partial charge on any atom is -0.507 e. The van der Waals surface area contributed by atoms with Crippen LogP contribution in [0.15, 0.2) is 72.3 Å². The molecule has 0 spiro atoms. The Morgan fingerprint density at radius 1 is 1.03 bits per heavy atom. The summed E-state index contributed by atoms with van der Waals surface area (Å²) in [5.74, 6) is 0.595. The van der Waals surface area contributed by atoms with Crippen molar-refractivity contribution in [2.75, 3.05) is 20.3 Å². The Hall–Kier alpha value is -4.26. The summed E-state index contributed by atoms with van der Waals surface area (Å²) in [4.78, 5) is 28.1. The molecule has 1 unspecified atom stereocenters. The van der Waals surface area contributed by atoms with Crippen molar-refractivity contribution in [3.8, 4) is 17.2 Å². The quantitative estimate of drug-likeness (QED) is 0.298. The highest BCUT2D eigenvalue weighted by atomic mass is 16.5. The highest BCUT2D eigenvalue weighted by Crippen LogP contribution is 2.41. The summed E-state index contributed by atoms with van der Waals surface area (Å²) in [6, 6.07) is 19.2. The molecule has 0 saturated carbocycles. The van der Waals surface area contributed by atoms with Crippen molar-refractivity contribution in [1.29, 1.82) is 0 Å². The maximum absolute atomic E-state index is 13.3. The third-order valence-corrected chi connectivity index (χ3v) is 6.52. The number of methoxy groups -OCH3 is 1. The smallest absolute Gasteiger partial charge is 0.295 e. The van der Waals surface area contributed by atoms with E-state index in [-0.39, 0.29) is 17.9 Å². The van der Waals surface area contributed by atoms with Crippen LogP contribution >= 0.6 is 0 Å². The number of carbonyl (C=O) groups excluding carboxylic acids is 2. The first-order valence-electron chi connectivity index (χ1n) is 11.9. The lowest BCUT2D eigenvalue weighted by atomic mass is 9.94. The molecule has 2 heterocycles. The number of rotatable bonds is 7. The first kappa shape index (κ1) is 23.5. The van der Waals surface area contributed by atoms with E-state index in [0.29, 0.717) is 35.8 Å². The molecule has 1 fully saturated rings. The van der Waals surface area contributed by atoms with Gasteiger partial charge in [-0.25, -0.2) is 0 Å². The largest absolute Gasteiger partial charge is 0.507 e. The van der Waals surface area contributed by atoms with E-state index >= 15 is 0 Å². The number of nitrogens with zero attached hydrogens (tertiary/aromatic N) is 1. The standard InChI is InChI=1S/C29H27NO6/c1-3-35-23-11-6-19(7-12-23)26-25(27(31)21-8-13-24-20(16-21)14-15-36-24)28(32)29(33)30(26)17-18-4-9-22(34-2)10-5-18/h4-13,16,26,31H,3,14-15,17H2,1-2H3/b27-25-. The lowest BCUT2D eigenvalue weighted by Crippen LogP contribution is -2.29. The molecule has 0 aliphatic carbocycles. The molecule has 0 radical (unpaired) electrons. The molecule has 3 aromatic carbocycles. The Labute approximate surface area is 209 Å². The van der Waals surface area contributed by atoms with Crippen molar-refractivity contribution in [2.45, 2.75) is 25.9 Å². The molecule has 2 aliphatic heterocycles. The van der Waals surface area contributed by atoms with Crippen LogP contribution in [0, 0.1) is 0 Å². The molecular weight excluding hydrogens is 458 g/mol. The predicted molar refractivity (Wildman–Crippen MR) is 134 cm³/mol. The summed E-state index contributed by atoms with van der Waals surface area (Å²) in [5, 5.41) is 11.4. The molecule has 7 nitrogen and oxygen atoms in total. The molecular formula is C29H27NO6. The summed E-state index contributed by atoms with van der Waals surface area (Å²) in [5.41, 5.74) is 3.05. The monoisotopic (exact) mass is 485 g/mol. The molecule has 3 aromatic rings. The lowest BCUT2D eigenvalue weighted by molar-refractivity contribution is -0.140. The Bertz CT molecular complexity index is 1330. The second kappa shape index (κ2) is 9.77. The van der Waals surface area contributed by atoms with Gasteiger partial charge in [-0.15, -0.1) is 0 Å². The van der Waals surface area contributed by atoms with Crippen molar-refractivity contribution >= 4 is 17.4 Å². The number of Topliss-reactive ketones (excluding diaryl/α,β-unsaturated/α-hetero) is 1. The minimum absolute atomic E-state index is 0.0662. The fourth-order valence-corrected chi connectivity index (χ4v) is 4.72. The van der Waals surface area contributed by atoms with Crippen LogP contribution in [-0.2, 0) is 22.6 Å². The molecule has 1 N–H and O–H groups in total. The summed E-state index contributed by atoms with van der Waals surface area (Å²) >= 11 is 0. The summed E-state index contributed by atoms with van der Waals surface area (Å²) in [6.07, 6.45) is 0.727. The zero-order chi connectivity index (χ0) is 25.2. The molecule has 1 saturated heterocycles. The molecule has 1 amide bonds. The first-order valence-corrected chi connectivity index (χ1v) is 11.9. The zero-order valence-corrected chi connectivity index (χ0v) is 20.2. The van der Waals surface area contributed by atoms with E-state index in [0.717, 1.165) is 23.3 Å². The highest BCUT2D eigenvalue weighted by Gasteiger charge is 2.46. The number of aliphatic hydroxyl groups is 1. The molecule has 2 aliphatic rings.